The van der Waals surface area contributed by atoms with Crippen LogP contribution in [-0.4, -0.2) is 42.8 Å². The minimum Gasteiger partial charge on any atom is -0.303 e. The Bertz CT molecular complexity index is 328. The number of hydrogen-bond donors (Lipinski definition) is 0. The van der Waals surface area contributed by atoms with Crippen LogP contribution in [0.5, 0.6) is 0 Å². The molecule has 0 bridgehead atoms. The summed E-state index contributed by atoms with van der Waals surface area (Å²) in [5.41, 5.74) is 0. The average Bonchev–Trinajstić information content (AvgIpc) is 2.83. The minimum atomic E-state index is 0.290. The van der Waals surface area contributed by atoms with Crippen LogP contribution >= 0.6 is 0 Å². The third-order valence-corrected chi connectivity index (χ3v) is 5.87. The van der Waals surface area contributed by atoms with Gasteiger partial charge in [0.05, 0.1) is 0 Å². The van der Waals surface area contributed by atoms with Crippen LogP contribution in [0, 0.1) is 4.91 Å². The van der Waals surface area contributed by atoms with Gasteiger partial charge in [0.1, 0.15) is 4.91 Å². The van der Waals surface area contributed by atoms with E-state index in [2.05, 4.69) is 39.5 Å². The van der Waals surface area contributed by atoms with E-state index < -0.39 is 0 Å². The van der Waals surface area contributed by atoms with Gasteiger partial charge in [-0.05, 0) is 64.6 Å². The van der Waals surface area contributed by atoms with Gasteiger partial charge in [-0.1, -0.05) is 105 Å². The lowest BCUT2D eigenvalue weighted by molar-refractivity contribution is -0.981. The van der Waals surface area contributed by atoms with Gasteiger partial charge in [0, 0.05) is 0 Å². The van der Waals surface area contributed by atoms with Gasteiger partial charge in [-0.2, -0.15) is 9.68 Å². The highest BCUT2D eigenvalue weighted by Crippen LogP contribution is 2.06. The van der Waals surface area contributed by atoms with Crippen molar-refractivity contribution in [1.82, 2.24) is 4.90 Å². The number of hydrogen-bond acceptors (Lipinski definition) is 4. The Balaban J connectivity index is 0. The van der Waals surface area contributed by atoms with Crippen molar-refractivity contribution in [2.45, 2.75) is 150 Å². The van der Waals surface area contributed by atoms with Crippen LogP contribution in [0.2, 0.25) is 0 Å². The Morgan fingerprint density at radius 2 is 0.758 bits per heavy atom. The Kier molecular flexibility index (Phi) is 32.4. The zero-order chi connectivity index (χ0) is 24.8. The van der Waals surface area contributed by atoms with Crippen molar-refractivity contribution < 1.29 is 14.8 Å². The second kappa shape index (κ2) is 31.2. The molecule has 0 N–H and O–H groups in total. The van der Waals surface area contributed by atoms with E-state index in [1.807, 2.05) is 0 Å². The fourth-order valence-electron chi connectivity index (χ4n) is 3.56. The van der Waals surface area contributed by atoms with Gasteiger partial charge in [0.25, 0.3) is 0 Å². The molecule has 0 radical (unpaired) electrons. The van der Waals surface area contributed by atoms with Crippen molar-refractivity contribution in [2.24, 2.45) is 0 Å². The average molecular weight is 474 g/mol. The SMILES string of the molecule is CCCCCCCCO[N+](=O)OCCCCCCCC.CCCCN(CCCC)CCCC. The molecular formula is C28H61N2O3+. The largest absolute Gasteiger partial charge is 0.477 e. The number of rotatable bonds is 25. The highest BCUT2D eigenvalue weighted by Gasteiger charge is 2.11. The molecule has 33 heavy (non-hydrogen) atoms. The predicted octanol–water partition coefficient (Wildman–Crippen LogP) is 9.04. The summed E-state index contributed by atoms with van der Waals surface area (Å²) >= 11 is 0. The van der Waals surface area contributed by atoms with Gasteiger partial charge in [-0.25, -0.2) is 0 Å². The molecule has 0 saturated heterocycles. The molecule has 0 aliphatic carbocycles. The van der Waals surface area contributed by atoms with Crippen LogP contribution in [0.1, 0.15) is 150 Å². The molecule has 0 fully saturated rings. The fourth-order valence-corrected chi connectivity index (χ4v) is 3.56. The van der Waals surface area contributed by atoms with Gasteiger partial charge >= 0.3 is 5.09 Å². The van der Waals surface area contributed by atoms with Crippen molar-refractivity contribution in [3.05, 3.63) is 4.91 Å². The Morgan fingerprint density at radius 1 is 0.455 bits per heavy atom. The van der Waals surface area contributed by atoms with E-state index >= 15 is 0 Å². The number of unbranched alkanes of at least 4 members (excludes halogenated alkanes) is 13. The van der Waals surface area contributed by atoms with Gasteiger partial charge in [-0.3, -0.25) is 0 Å². The third-order valence-electron chi connectivity index (χ3n) is 5.87. The van der Waals surface area contributed by atoms with Crippen LogP contribution in [0.15, 0.2) is 0 Å². The van der Waals surface area contributed by atoms with Crippen LogP contribution in [-0.2, 0) is 9.68 Å². The molecule has 0 aliphatic rings. The molecule has 0 saturated carbocycles. The smallest absolute Gasteiger partial charge is 0.303 e. The highest BCUT2D eigenvalue weighted by molar-refractivity contribution is 4.57. The molecule has 0 aliphatic heterocycles. The molecule has 0 aromatic rings. The van der Waals surface area contributed by atoms with E-state index in [-0.39, 0.29) is 5.09 Å². The minimum absolute atomic E-state index is 0.290. The first-order chi connectivity index (χ1) is 16.2. The molecular weight excluding hydrogens is 412 g/mol. The first-order valence-electron chi connectivity index (χ1n) is 14.6. The summed E-state index contributed by atoms with van der Waals surface area (Å²) in [6, 6.07) is 0. The fraction of sp³-hybridized carbons (Fsp3) is 1.00. The standard InChI is InChI=1S/C16H34NO3.C12H27N/c1-3-5-7-9-11-13-15-19-17(18)20-16-14-12-10-8-6-4-2;1-4-7-10-13(11-8-5-2)12-9-6-3/h3-16H2,1-2H3;4-12H2,1-3H3/q+1;. The first-order valence-corrected chi connectivity index (χ1v) is 14.6. The normalized spacial score (nSPS) is 10.7. The summed E-state index contributed by atoms with van der Waals surface area (Å²) in [6.45, 7) is 16.1. The maximum absolute atomic E-state index is 11.2. The summed E-state index contributed by atoms with van der Waals surface area (Å²) in [6.07, 6.45) is 22.4. The van der Waals surface area contributed by atoms with Crippen molar-refractivity contribution in [3.8, 4) is 0 Å². The molecule has 0 unspecified atom stereocenters. The van der Waals surface area contributed by atoms with Crippen molar-refractivity contribution in [2.75, 3.05) is 32.8 Å². The van der Waals surface area contributed by atoms with Crippen LogP contribution in [0.25, 0.3) is 0 Å². The molecule has 200 valence electrons. The maximum Gasteiger partial charge on any atom is 0.477 e. The second-order valence-electron chi connectivity index (χ2n) is 9.33. The molecule has 0 atom stereocenters. The summed E-state index contributed by atoms with van der Waals surface area (Å²) in [4.78, 5) is 23.7. The molecule has 0 amide bonds. The summed E-state index contributed by atoms with van der Waals surface area (Å²) in [5.74, 6) is 0. The molecule has 5 nitrogen and oxygen atoms in total. The Morgan fingerprint density at radius 3 is 1.09 bits per heavy atom. The van der Waals surface area contributed by atoms with Crippen molar-refractivity contribution in [1.29, 1.82) is 0 Å². The predicted molar refractivity (Wildman–Crippen MR) is 143 cm³/mol. The van der Waals surface area contributed by atoms with E-state index in [0.717, 1.165) is 25.7 Å². The number of nitrogens with zero attached hydrogens (tertiary/aromatic N) is 2. The quantitative estimate of drug-likeness (QED) is 0.0979. The second-order valence-corrected chi connectivity index (χ2v) is 9.33. The van der Waals surface area contributed by atoms with Gasteiger partial charge in [0.2, 0.25) is 0 Å². The molecule has 0 heterocycles. The molecule has 0 spiro atoms. The van der Waals surface area contributed by atoms with Crippen LogP contribution < -0.4 is 0 Å². The molecule has 0 rings (SSSR count). The Labute approximate surface area is 207 Å². The highest BCUT2D eigenvalue weighted by atomic mass is 17.0. The molecule has 5 heteroatoms. The monoisotopic (exact) mass is 473 g/mol. The lowest BCUT2D eigenvalue weighted by Gasteiger charge is -2.21. The molecule has 0 aromatic carbocycles. The van der Waals surface area contributed by atoms with Gasteiger partial charge < -0.3 is 4.90 Å². The van der Waals surface area contributed by atoms with E-state index in [0.29, 0.717) is 13.2 Å². The Hall–Kier alpha value is -0.840. The maximum atomic E-state index is 11.2. The van der Waals surface area contributed by atoms with Crippen LogP contribution in [0.3, 0.4) is 0 Å². The van der Waals surface area contributed by atoms with Crippen molar-refractivity contribution in [3.63, 3.8) is 0 Å². The zero-order valence-corrected chi connectivity index (χ0v) is 23.4. The van der Waals surface area contributed by atoms with Crippen molar-refractivity contribution >= 4 is 0 Å². The van der Waals surface area contributed by atoms with E-state index in [1.54, 1.807) is 0 Å². The van der Waals surface area contributed by atoms with Crippen LogP contribution in [0.4, 0.5) is 0 Å². The lowest BCUT2D eigenvalue weighted by Crippen LogP contribution is -2.27. The molecule has 0 aromatic heterocycles. The first kappa shape index (κ1) is 34.3. The van der Waals surface area contributed by atoms with E-state index in [4.69, 9.17) is 9.68 Å². The summed E-state index contributed by atoms with van der Waals surface area (Å²) in [7, 11) is 0. The summed E-state index contributed by atoms with van der Waals surface area (Å²) in [5, 5.41) is 0.290. The van der Waals surface area contributed by atoms with Gasteiger partial charge in [-0.15, -0.1) is 0 Å². The topological polar surface area (TPSA) is 41.8 Å². The lowest BCUT2D eigenvalue weighted by atomic mass is 10.1. The zero-order valence-electron chi connectivity index (χ0n) is 23.4. The van der Waals surface area contributed by atoms with Gasteiger partial charge in [0.15, 0.2) is 13.2 Å². The third kappa shape index (κ3) is 31.2. The van der Waals surface area contributed by atoms with E-state index in [1.165, 1.54) is 110 Å². The van der Waals surface area contributed by atoms with E-state index in [9.17, 15) is 4.91 Å². The summed E-state index contributed by atoms with van der Waals surface area (Å²) < 4.78 is 0.